The monoisotopic (exact) mass is 284 g/mol. The van der Waals surface area contributed by atoms with Crippen LogP contribution in [0.2, 0.25) is 0 Å². The van der Waals surface area contributed by atoms with E-state index in [9.17, 15) is 4.79 Å². The van der Waals surface area contributed by atoms with Crippen LogP contribution in [0.5, 0.6) is 5.75 Å². The number of benzene rings is 2. The van der Waals surface area contributed by atoms with E-state index in [1.165, 1.54) is 11.1 Å². The molecule has 2 N–H and O–H groups in total. The molecule has 0 aliphatic carbocycles. The molecule has 0 aromatic heterocycles. The van der Waals surface area contributed by atoms with Gasteiger partial charge in [0, 0.05) is 6.54 Å². The van der Waals surface area contributed by atoms with Crippen LogP contribution in [0.4, 0.5) is 5.69 Å². The molecule has 0 heterocycles. The number of ether oxygens (including phenoxy) is 1. The highest BCUT2D eigenvalue weighted by Crippen LogP contribution is 2.22. The third-order valence-corrected chi connectivity index (χ3v) is 3.24. The van der Waals surface area contributed by atoms with Crippen molar-refractivity contribution in [1.82, 2.24) is 5.32 Å². The number of para-hydroxylation sites is 2. The topological polar surface area (TPSA) is 50.4 Å². The number of methoxy groups -OCH3 is 1. The van der Waals surface area contributed by atoms with Gasteiger partial charge in [0.1, 0.15) is 5.75 Å². The average Bonchev–Trinajstić information content (AvgIpc) is 2.50. The lowest BCUT2D eigenvalue weighted by atomic mass is 10.1. The van der Waals surface area contributed by atoms with E-state index < -0.39 is 0 Å². The number of rotatable bonds is 6. The molecular weight excluding hydrogens is 264 g/mol. The highest BCUT2D eigenvalue weighted by Gasteiger charge is 2.06. The van der Waals surface area contributed by atoms with Gasteiger partial charge in [0.2, 0.25) is 5.91 Å². The summed E-state index contributed by atoms with van der Waals surface area (Å²) in [6, 6.07) is 15.5. The van der Waals surface area contributed by atoms with Crippen LogP contribution in [-0.4, -0.2) is 19.6 Å². The van der Waals surface area contributed by atoms with E-state index in [4.69, 9.17) is 4.74 Å². The summed E-state index contributed by atoms with van der Waals surface area (Å²) in [5, 5.41) is 5.98. The lowest BCUT2D eigenvalue weighted by molar-refractivity contribution is -0.115. The van der Waals surface area contributed by atoms with Crippen LogP contribution in [0, 0.1) is 6.92 Å². The Morgan fingerprint density at radius 3 is 2.57 bits per heavy atom. The maximum atomic E-state index is 11.9. The van der Waals surface area contributed by atoms with Crippen molar-refractivity contribution in [3.8, 4) is 5.75 Å². The molecule has 0 bridgehead atoms. The first-order valence-corrected chi connectivity index (χ1v) is 6.89. The second kappa shape index (κ2) is 7.45. The maximum Gasteiger partial charge on any atom is 0.238 e. The van der Waals surface area contributed by atoms with Crippen LogP contribution in [0.3, 0.4) is 0 Å². The molecule has 110 valence electrons. The normalized spacial score (nSPS) is 10.2. The Kier molecular flexibility index (Phi) is 5.35. The Hall–Kier alpha value is -2.33. The van der Waals surface area contributed by atoms with Crippen molar-refractivity contribution in [1.29, 1.82) is 0 Å². The molecule has 21 heavy (non-hydrogen) atoms. The van der Waals surface area contributed by atoms with Gasteiger partial charge in [-0.05, 0) is 30.2 Å². The number of amides is 1. The fourth-order valence-corrected chi connectivity index (χ4v) is 2.06. The summed E-state index contributed by atoms with van der Waals surface area (Å²) in [4.78, 5) is 11.9. The zero-order valence-corrected chi connectivity index (χ0v) is 12.3. The second-order valence-electron chi connectivity index (χ2n) is 4.78. The van der Waals surface area contributed by atoms with E-state index in [2.05, 4.69) is 29.7 Å². The number of carbonyl (C=O) groups excluding carboxylic acids is 1. The number of hydrogen-bond donors (Lipinski definition) is 2. The first-order valence-electron chi connectivity index (χ1n) is 6.89. The predicted molar refractivity (Wildman–Crippen MR) is 84.5 cm³/mol. The van der Waals surface area contributed by atoms with E-state index in [0.29, 0.717) is 18.0 Å². The van der Waals surface area contributed by atoms with E-state index in [-0.39, 0.29) is 12.5 Å². The first kappa shape index (κ1) is 15.1. The van der Waals surface area contributed by atoms with E-state index in [1.54, 1.807) is 7.11 Å². The van der Waals surface area contributed by atoms with Crippen molar-refractivity contribution in [3.63, 3.8) is 0 Å². The molecule has 0 fully saturated rings. The zero-order valence-electron chi connectivity index (χ0n) is 12.3. The van der Waals surface area contributed by atoms with Crippen molar-refractivity contribution < 1.29 is 9.53 Å². The molecule has 1 amide bonds. The van der Waals surface area contributed by atoms with Gasteiger partial charge in [0.25, 0.3) is 0 Å². The minimum absolute atomic E-state index is 0.0897. The third-order valence-electron chi connectivity index (χ3n) is 3.24. The lowest BCUT2D eigenvalue weighted by Gasteiger charge is -2.11. The summed E-state index contributed by atoms with van der Waals surface area (Å²) in [6.07, 6.45) is 0. The molecule has 2 aromatic rings. The lowest BCUT2D eigenvalue weighted by Crippen LogP contribution is -2.28. The van der Waals surface area contributed by atoms with Gasteiger partial charge >= 0.3 is 0 Å². The highest BCUT2D eigenvalue weighted by molar-refractivity contribution is 5.93. The van der Waals surface area contributed by atoms with Crippen molar-refractivity contribution in [3.05, 3.63) is 59.7 Å². The van der Waals surface area contributed by atoms with Crippen LogP contribution in [0.25, 0.3) is 0 Å². The molecule has 0 saturated carbocycles. The molecule has 0 radical (unpaired) electrons. The number of hydrogen-bond acceptors (Lipinski definition) is 3. The SMILES string of the molecule is COc1ccccc1NC(=O)CNCc1ccccc1C. The minimum Gasteiger partial charge on any atom is -0.495 e. The number of nitrogens with one attached hydrogen (secondary N) is 2. The molecule has 0 aliphatic heterocycles. The molecular formula is C17H20N2O2. The molecule has 4 heteroatoms. The third kappa shape index (κ3) is 4.33. The van der Waals surface area contributed by atoms with Crippen LogP contribution in [0.15, 0.2) is 48.5 Å². The highest BCUT2D eigenvalue weighted by atomic mass is 16.5. The summed E-state index contributed by atoms with van der Waals surface area (Å²) in [6.45, 7) is 2.99. The van der Waals surface area contributed by atoms with Crippen molar-refractivity contribution >= 4 is 11.6 Å². The Bertz CT molecular complexity index is 611. The van der Waals surface area contributed by atoms with Gasteiger partial charge < -0.3 is 15.4 Å². The Morgan fingerprint density at radius 2 is 1.81 bits per heavy atom. The maximum absolute atomic E-state index is 11.9. The van der Waals surface area contributed by atoms with Gasteiger partial charge in [-0.3, -0.25) is 4.79 Å². The van der Waals surface area contributed by atoms with Gasteiger partial charge in [-0.2, -0.15) is 0 Å². The molecule has 0 spiro atoms. The standard InChI is InChI=1S/C17H20N2O2/c1-13-7-3-4-8-14(13)11-18-12-17(20)19-15-9-5-6-10-16(15)21-2/h3-10,18H,11-12H2,1-2H3,(H,19,20). The summed E-state index contributed by atoms with van der Waals surface area (Å²) in [5.41, 5.74) is 3.10. The van der Waals surface area contributed by atoms with Crippen molar-refractivity contribution in [2.45, 2.75) is 13.5 Å². The Morgan fingerprint density at radius 1 is 1.10 bits per heavy atom. The largest absolute Gasteiger partial charge is 0.495 e. The Balaban J connectivity index is 1.84. The summed E-state index contributed by atoms with van der Waals surface area (Å²) in [7, 11) is 1.58. The van der Waals surface area contributed by atoms with Gasteiger partial charge in [0.15, 0.2) is 0 Å². The van der Waals surface area contributed by atoms with Gasteiger partial charge in [0.05, 0.1) is 19.3 Å². The predicted octanol–water partition coefficient (Wildman–Crippen LogP) is 2.73. The number of anilines is 1. The first-order chi connectivity index (χ1) is 10.2. The van der Waals surface area contributed by atoms with Crippen molar-refractivity contribution in [2.75, 3.05) is 19.0 Å². The fraction of sp³-hybridized carbons (Fsp3) is 0.235. The van der Waals surface area contributed by atoms with E-state index in [0.717, 1.165) is 0 Å². The summed E-state index contributed by atoms with van der Waals surface area (Å²) < 4.78 is 5.20. The van der Waals surface area contributed by atoms with Crippen LogP contribution < -0.4 is 15.4 Å². The number of aryl methyl sites for hydroxylation is 1. The molecule has 0 atom stereocenters. The number of carbonyl (C=O) groups is 1. The van der Waals surface area contributed by atoms with Gasteiger partial charge in [-0.1, -0.05) is 36.4 Å². The van der Waals surface area contributed by atoms with E-state index >= 15 is 0 Å². The van der Waals surface area contributed by atoms with E-state index in [1.807, 2.05) is 36.4 Å². The summed E-state index contributed by atoms with van der Waals surface area (Å²) in [5.74, 6) is 0.567. The summed E-state index contributed by atoms with van der Waals surface area (Å²) >= 11 is 0. The van der Waals surface area contributed by atoms with Crippen LogP contribution >= 0.6 is 0 Å². The second-order valence-corrected chi connectivity index (χ2v) is 4.78. The Labute approximate surface area is 125 Å². The smallest absolute Gasteiger partial charge is 0.238 e. The average molecular weight is 284 g/mol. The molecule has 0 unspecified atom stereocenters. The van der Waals surface area contributed by atoms with Crippen molar-refractivity contribution in [2.24, 2.45) is 0 Å². The molecule has 2 rings (SSSR count). The van der Waals surface area contributed by atoms with Gasteiger partial charge in [-0.25, -0.2) is 0 Å². The molecule has 0 saturated heterocycles. The quantitative estimate of drug-likeness (QED) is 0.857. The molecule has 0 aliphatic rings. The van der Waals surface area contributed by atoms with Gasteiger partial charge in [-0.15, -0.1) is 0 Å². The molecule has 2 aromatic carbocycles. The fourth-order valence-electron chi connectivity index (χ4n) is 2.06. The van der Waals surface area contributed by atoms with Crippen LogP contribution in [0.1, 0.15) is 11.1 Å². The minimum atomic E-state index is -0.0897. The zero-order chi connectivity index (χ0) is 15.1. The van der Waals surface area contributed by atoms with Crippen LogP contribution in [-0.2, 0) is 11.3 Å². The molecule has 4 nitrogen and oxygen atoms in total.